The average molecular weight is 499 g/mol. The minimum atomic E-state index is -0.162. The van der Waals surface area contributed by atoms with E-state index in [9.17, 15) is 4.79 Å². The summed E-state index contributed by atoms with van der Waals surface area (Å²) in [6.07, 6.45) is 0. The summed E-state index contributed by atoms with van der Waals surface area (Å²) in [6, 6.07) is 13.1. The van der Waals surface area contributed by atoms with Crippen molar-refractivity contribution < 1.29 is 14.2 Å². The second-order valence-corrected chi connectivity index (χ2v) is 8.41. The van der Waals surface area contributed by atoms with E-state index in [0.29, 0.717) is 40.8 Å². The number of benzene rings is 2. The van der Waals surface area contributed by atoms with Crippen molar-refractivity contribution in [1.29, 1.82) is 0 Å². The van der Waals surface area contributed by atoms with Gasteiger partial charge in [0, 0.05) is 35.8 Å². The molecule has 0 spiro atoms. The van der Waals surface area contributed by atoms with Gasteiger partial charge in [0.1, 0.15) is 5.75 Å². The number of hydrogen-bond acceptors (Lipinski definition) is 6. The van der Waals surface area contributed by atoms with Crippen LogP contribution in [0.15, 0.2) is 47.3 Å². The highest BCUT2D eigenvalue weighted by Crippen LogP contribution is 2.31. The molecule has 0 saturated carbocycles. The molecule has 0 aliphatic carbocycles. The second kappa shape index (κ2) is 12.4. The number of rotatable bonds is 11. The van der Waals surface area contributed by atoms with E-state index in [1.165, 1.54) is 0 Å². The number of methoxy groups -OCH3 is 3. The van der Waals surface area contributed by atoms with E-state index in [2.05, 4.69) is 29.0 Å². The topological polar surface area (TPSA) is 79.1 Å². The van der Waals surface area contributed by atoms with Gasteiger partial charge in [0.2, 0.25) is 0 Å². The van der Waals surface area contributed by atoms with Crippen molar-refractivity contribution in [1.82, 2.24) is 14.8 Å². The first-order valence-corrected chi connectivity index (χ1v) is 12.0. The third-order valence-electron chi connectivity index (χ3n) is 6.00. The summed E-state index contributed by atoms with van der Waals surface area (Å²) in [5, 5.41) is 4.70. The average Bonchev–Trinajstić information content (AvgIpc) is 2.88. The minimum absolute atomic E-state index is 0.162. The molecule has 0 unspecified atom stereocenters. The highest BCUT2D eigenvalue weighted by molar-refractivity contribution is 7.80. The predicted molar refractivity (Wildman–Crippen MR) is 145 cm³/mol. The lowest BCUT2D eigenvalue weighted by molar-refractivity contribution is 0.266. The third-order valence-corrected chi connectivity index (χ3v) is 6.36. The molecule has 1 aromatic heterocycles. The van der Waals surface area contributed by atoms with Crippen molar-refractivity contribution in [3.63, 3.8) is 0 Å². The zero-order chi connectivity index (χ0) is 25.4. The van der Waals surface area contributed by atoms with Gasteiger partial charge in [-0.3, -0.25) is 4.79 Å². The predicted octanol–water partition coefficient (Wildman–Crippen LogP) is 4.09. The van der Waals surface area contributed by atoms with Gasteiger partial charge in [-0.15, -0.1) is 0 Å². The van der Waals surface area contributed by atoms with Crippen LogP contribution in [0, 0.1) is 0 Å². The van der Waals surface area contributed by atoms with E-state index >= 15 is 0 Å². The van der Waals surface area contributed by atoms with Gasteiger partial charge < -0.3 is 34.3 Å². The number of aromatic amines is 1. The summed E-state index contributed by atoms with van der Waals surface area (Å²) >= 11 is 5.77. The molecular formula is C26H34N4O4S. The summed E-state index contributed by atoms with van der Waals surface area (Å²) in [5.41, 5.74) is 1.99. The Morgan fingerprint density at radius 1 is 0.943 bits per heavy atom. The van der Waals surface area contributed by atoms with Gasteiger partial charge in [-0.1, -0.05) is 13.8 Å². The van der Waals surface area contributed by atoms with Crippen molar-refractivity contribution in [3.8, 4) is 17.2 Å². The van der Waals surface area contributed by atoms with Crippen LogP contribution < -0.4 is 25.1 Å². The lowest BCUT2D eigenvalue weighted by atomic mass is 10.1. The maximum Gasteiger partial charge on any atom is 0.253 e. The lowest BCUT2D eigenvalue weighted by Gasteiger charge is -2.29. The molecule has 0 aliphatic rings. The minimum Gasteiger partial charge on any atom is -0.497 e. The molecule has 0 radical (unpaired) electrons. The van der Waals surface area contributed by atoms with Crippen LogP contribution in [0.3, 0.4) is 0 Å². The Labute approximate surface area is 211 Å². The van der Waals surface area contributed by atoms with E-state index in [4.69, 9.17) is 26.4 Å². The standard InChI is InChI=1S/C26H34N4O4S/c1-6-29(7-2)12-13-30(26(35)27-20-8-10-21(32-3)11-9-20)17-19-14-18-15-23(33-4)24(34-5)16-22(18)28-25(19)31/h8-11,14-16H,6-7,12-13,17H2,1-5H3,(H,27,35)(H,28,31). The number of pyridine rings is 1. The molecule has 9 heteroatoms. The molecule has 0 amide bonds. The molecule has 0 bridgehead atoms. The van der Waals surface area contributed by atoms with Gasteiger partial charge in [-0.2, -0.15) is 0 Å². The summed E-state index contributed by atoms with van der Waals surface area (Å²) < 4.78 is 16.0. The molecule has 8 nitrogen and oxygen atoms in total. The zero-order valence-corrected chi connectivity index (χ0v) is 21.8. The zero-order valence-electron chi connectivity index (χ0n) is 21.0. The number of ether oxygens (including phenoxy) is 3. The van der Waals surface area contributed by atoms with Gasteiger partial charge in [0.15, 0.2) is 16.6 Å². The van der Waals surface area contributed by atoms with Gasteiger partial charge in [0.05, 0.1) is 33.4 Å². The summed E-state index contributed by atoms with van der Waals surface area (Å²) in [6.45, 7) is 8.03. The molecule has 35 heavy (non-hydrogen) atoms. The number of anilines is 1. The molecule has 188 valence electrons. The lowest BCUT2D eigenvalue weighted by Crippen LogP contribution is -2.41. The number of likely N-dealkylation sites (N-methyl/N-ethyl adjacent to an activating group) is 1. The molecule has 2 N–H and O–H groups in total. The second-order valence-electron chi connectivity index (χ2n) is 8.03. The molecule has 3 rings (SSSR count). The molecular weight excluding hydrogens is 464 g/mol. The summed E-state index contributed by atoms with van der Waals surface area (Å²) in [7, 11) is 4.80. The normalized spacial score (nSPS) is 10.9. The molecule has 1 heterocycles. The Morgan fingerprint density at radius 2 is 1.60 bits per heavy atom. The van der Waals surface area contributed by atoms with Gasteiger partial charge >= 0.3 is 0 Å². The van der Waals surface area contributed by atoms with Gasteiger partial charge in [-0.25, -0.2) is 0 Å². The fourth-order valence-corrected chi connectivity index (χ4v) is 4.11. The van der Waals surface area contributed by atoms with Crippen molar-refractivity contribution in [3.05, 3.63) is 58.4 Å². The van der Waals surface area contributed by atoms with Crippen LogP contribution in [-0.2, 0) is 6.54 Å². The molecule has 0 fully saturated rings. The van der Waals surface area contributed by atoms with E-state index in [1.54, 1.807) is 27.4 Å². The number of nitrogens with zero attached hydrogens (tertiary/aromatic N) is 2. The van der Waals surface area contributed by atoms with Gasteiger partial charge in [-0.05, 0) is 61.7 Å². The van der Waals surface area contributed by atoms with Gasteiger partial charge in [0.25, 0.3) is 5.56 Å². The first kappa shape index (κ1) is 26.3. The Kier molecular flexibility index (Phi) is 9.33. The van der Waals surface area contributed by atoms with Crippen molar-refractivity contribution >= 4 is 33.9 Å². The number of thiocarbonyl (C=S) groups is 1. The monoisotopic (exact) mass is 498 g/mol. The van der Waals surface area contributed by atoms with Crippen LogP contribution in [0.4, 0.5) is 5.69 Å². The molecule has 3 aromatic rings. The quantitative estimate of drug-likeness (QED) is 0.383. The molecule has 2 aromatic carbocycles. The first-order valence-electron chi connectivity index (χ1n) is 11.6. The van der Waals surface area contributed by atoms with E-state index < -0.39 is 0 Å². The number of fused-ring (bicyclic) bond motifs is 1. The largest absolute Gasteiger partial charge is 0.497 e. The Hall–Kier alpha value is -3.30. The summed E-state index contributed by atoms with van der Waals surface area (Å²) in [4.78, 5) is 20.3. The van der Waals surface area contributed by atoms with E-state index in [1.807, 2.05) is 41.3 Å². The fourth-order valence-electron chi connectivity index (χ4n) is 3.83. The maximum atomic E-state index is 13.0. The Morgan fingerprint density at radius 3 is 2.20 bits per heavy atom. The highest BCUT2D eigenvalue weighted by atomic mass is 32.1. The van der Waals surface area contributed by atoms with Crippen LogP contribution in [0.25, 0.3) is 10.9 Å². The Bertz CT molecular complexity index is 1190. The molecule has 0 atom stereocenters. The smallest absolute Gasteiger partial charge is 0.253 e. The van der Waals surface area contributed by atoms with Crippen LogP contribution in [0.5, 0.6) is 17.2 Å². The SMILES string of the molecule is CCN(CC)CCN(Cc1cc2cc(OC)c(OC)cc2[nH]c1=O)C(=S)Nc1ccc(OC)cc1. The van der Waals surface area contributed by atoms with Crippen LogP contribution in [0.2, 0.25) is 0 Å². The first-order chi connectivity index (χ1) is 16.9. The third kappa shape index (κ3) is 6.64. The number of hydrogen-bond donors (Lipinski definition) is 2. The Balaban J connectivity index is 1.89. The van der Waals surface area contributed by atoms with E-state index in [-0.39, 0.29) is 5.56 Å². The molecule has 0 aliphatic heterocycles. The fraction of sp³-hybridized carbons (Fsp3) is 0.385. The van der Waals surface area contributed by atoms with E-state index in [0.717, 1.165) is 36.5 Å². The number of aromatic nitrogens is 1. The van der Waals surface area contributed by atoms with Crippen LogP contribution in [-0.4, -0.2) is 67.4 Å². The van der Waals surface area contributed by atoms with Crippen molar-refractivity contribution in [2.75, 3.05) is 52.8 Å². The summed E-state index contributed by atoms with van der Waals surface area (Å²) in [5.74, 6) is 1.94. The number of nitrogens with one attached hydrogen (secondary N) is 2. The number of H-pyrrole nitrogens is 1. The highest BCUT2D eigenvalue weighted by Gasteiger charge is 2.16. The molecule has 0 saturated heterocycles. The maximum absolute atomic E-state index is 13.0. The van der Waals surface area contributed by atoms with Crippen molar-refractivity contribution in [2.24, 2.45) is 0 Å². The van der Waals surface area contributed by atoms with Crippen LogP contribution in [0.1, 0.15) is 19.4 Å². The van der Waals surface area contributed by atoms with Crippen LogP contribution >= 0.6 is 12.2 Å². The van der Waals surface area contributed by atoms with Crippen molar-refractivity contribution in [2.45, 2.75) is 20.4 Å².